The topological polar surface area (TPSA) is 79.0 Å². The quantitative estimate of drug-likeness (QED) is 0.892. The largest absolute Gasteiger partial charge is 0.361 e. The molecule has 1 aliphatic heterocycles. The van der Waals surface area contributed by atoms with Gasteiger partial charge in [-0.15, -0.1) is 0 Å². The first kappa shape index (κ1) is 14.1. The Hall–Kier alpha value is -1.82. The maximum Gasteiger partial charge on any atom is 0.224 e. The van der Waals surface area contributed by atoms with Gasteiger partial charge in [0.05, 0.1) is 17.9 Å². The van der Waals surface area contributed by atoms with Crippen LogP contribution in [0.25, 0.3) is 10.9 Å². The van der Waals surface area contributed by atoms with Crippen molar-refractivity contribution >= 4 is 26.6 Å². The van der Waals surface area contributed by atoms with Gasteiger partial charge in [0.2, 0.25) is 5.91 Å². The van der Waals surface area contributed by atoms with Gasteiger partial charge in [-0.25, -0.2) is 8.42 Å². The minimum atomic E-state index is -2.88. The molecule has 5 nitrogen and oxygen atoms in total. The average Bonchev–Trinajstić information content (AvgIpc) is 3.01. The van der Waals surface area contributed by atoms with Crippen LogP contribution in [0.1, 0.15) is 12.0 Å². The number of sulfone groups is 1. The summed E-state index contributed by atoms with van der Waals surface area (Å²) < 4.78 is 22.7. The second kappa shape index (κ2) is 5.52. The Kier molecular flexibility index (Phi) is 3.71. The molecule has 2 aromatic rings. The molecular formula is C15H18N2O3S. The molecule has 1 aromatic carbocycles. The highest BCUT2D eigenvalue weighted by atomic mass is 32.2. The van der Waals surface area contributed by atoms with Crippen LogP contribution < -0.4 is 5.32 Å². The normalized spacial score (nSPS) is 20.7. The lowest BCUT2D eigenvalue weighted by molar-refractivity contribution is -0.120. The highest BCUT2D eigenvalue weighted by molar-refractivity contribution is 7.91. The molecule has 2 heterocycles. The van der Waals surface area contributed by atoms with E-state index in [-0.39, 0.29) is 23.3 Å². The summed E-state index contributed by atoms with van der Waals surface area (Å²) in [6.07, 6.45) is 2.81. The first-order valence-corrected chi connectivity index (χ1v) is 8.88. The lowest BCUT2D eigenvalue weighted by atomic mass is 10.1. The summed E-state index contributed by atoms with van der Waals surface area (Å²) >= 11 is 0. The number of carbonyl (C=O) groups is 1. The second-order valence-corrected chi connectivity index (χ2v) is 7.84. The van der Waals surface area contributed by atoms with Crippen molar-refractivity contribution in [3.8, 4) is 0 Å². The monoisotopic (exact) mass is 306 g/mol. The standard InChI is InChI=1S/C15H18N2O3S/c18-15(17-8-11-5-6-21(19,20)10-11)7-12-9-16-14-4-2-1-3-13(12)14/h1-4,9,11,16H,5-8,10H2,(H,17,18). The number of amides is 1. The molecule has 1 amide bonds. The number of H-pyrrole nitrogens is 1. The minimum Gasteiger partial charge on any atom is -0.361 e. The zero-order chi connectivity index (χ0) is 14.9. The van der Waals surface area contributed by atoms with E-state index in [2.05, 4.69) is 10.3 Å². The van der Waals surface area contributed by atoms with Crippen LogP contribution in [0, 0.1) is 5.92 Å². The number of rotatable bonds is 4. The molecule has 0 radical (unpaired) electrons. The van der Waals surface area contributed by atoms with Crippen molar-refractivity contribution < 1.29 is 13.2 Å². The van der Waals surface area contributed by atoms with Gasteiger partial charge in [-0.05, 0) is 24.0 Å². The van der Waals surface area contributed by atoms with Crippen LogP contribution in [0.3, 0.4) is 0 Å². The van der Waals surface area contributed by atoms with Gasteiger partial charge in [0.25, 0.3) is 0 Å². The molecule has 1 saturated heterocycles. The zero-order valence-corrected chi connectivity index (χ0v) is 12.4. The van der Waals surface area contributed by atoms with Crippen molar-refractivity contribution in [3.05, 3.63) is 36.0 Å². The van der Waals surface area contributed by atoms with Crippen LogP contribution in [-0.2, 0) is 21.1 Å². The first-order chi connectivity index (χ1) is 10.0. The Labute approximate surface area is 123 Å². The summed E-state index contributed by atoms with van der Waals surface area (Å²) in [4.78, 5) is 15.1. The third-order valence-corrected chi connectivity index (χ3v) is 5.78. The maximum absolute atomic E-state index is 12.0. The molecule has 0 saturated carbocycles. The number of aromatic amines is 1. The SMILES string of the molecule is O=C(Cc1c[nH]c2ccccc12)NCC1CCS(=O)(=O)C1. The highest BCUT2D eigenvalue weighted by Gasteiger charge is 2.27. The van der Waals surface area contributed by atoms with E-state index in [0.29, 0.717) is 19.4 Å². The van der Waals surface area contributed by atoms with Crippen LogP contribution in [0.15, 0.2) is 30.5 Å². The van der Waals surface area contributed by atoms with Crippen LogP contribution in [0.5, 0.6) is 0 Å². The van der Waals surface area contributed by atoms with Gasteiger partial charge in [0.1, 0.15) is 0 Å². The molecule has 3 rings (SSSR count). The van der Waals surface area contributed by atoms with Gasteiger partial charge in [-0.2, -0.15) is 0 Å². The summed E-state index contributed by atoms with van der Waals surface area (Å²) in [5.41, 5.74) is 1.98. The Morgan fingerprint density at radius 2 is 2.14 bits per heavy atom. The Balaban J connectivity index is 1.57. The number of carbonyl (C=O) groups excluding carboxylic acids is 1. The average molecular weight is 306 g/mol. The fourth-order valence-corrected chi connectivity index (χ4v) is 4.67. The molecular weight excluding hydrogens is 288 g/mol. The molecule has 0 spiro atoms. The number of nitrogens with one attached hydrogen (secondary N) is 2. The number of aromatic nitrogens is 1. The van der Waals surface area contributed by atoms with Crippen molar-refractivity contribution in [2.75, 3.05) is 18.1 Å². The van der Waals surface area contributed by atoms with E-state index in [4.69, 9.17) is 0 Å². The molecule has 1 aliphatic rings. The van der Waals surface area contributed by atoms with Crippen molar-refractivity contribution in [1.82, 2.24) is 10.3 Å². The lowest BCUT2D eigenvalue weighted by Crippen LogP contribution is -2.30. The highest BCUT2D eigenvalue weighted by Crippen LogP contribution is 2.19. The third kappa shape index (κ3) is 3.26. The fourth-order valence-electron chi connectivity index (χ4n) is 2.80. The Morgan fingerprint density at radius 1 is 1.33 bits per heavy atom. The number of fused-ring (bicyclic) bond motifs is 1. The predicted molar refractivity (Wildman–Crippen MR) is 81.8 cm³/mol. The molecule has 0 bridgehead atoms. The van der Waals surface area contributed by atoms with Gasteiger partial charge in [0.15, 0.2) is 9.84 Å². The molecule has 1 atom stereocenters. The molecule has 0 aliphatic carbocycles. The molecule has 2 N–H and O–H groups in total. The second-order valence-electron chi connectivity index (χ2n) is 5.61. The van der Waals surface area contributed by atoms with E-state index < -0.39 is 9.84 Å². The van der Waals surface area contributed by atoms with Crippen molar-refractivity contribution in [1.29, 1.82) is 0 Å². The van der Waals surface area contributed by atoms with Crippen molar-refractivity contribution in [2.45, 2.75) is 12.8 Å². The van der Waals surface area contributed by atoms with Crippen molar-refractivity contribution in [3.63, 3.8) is 0 Å². The fraction of sp³-hybridized carbons (Fsp3) is 0.400. The van der Waals surface area contributed by atoms with Gasteiger partial charge in [-0.3, -0.25) is 4.79 Å². The first-order valence-electron chi connectivity index (χ1n) is 7.05. The predicted octanol–water partition coefficient (Wildman–Crippen LogP) is 1.26. The van der Waals surface area contributed by atoms with Crippen LogP contribution >= 0.6 is 0 Å². The number of hydrogen-bond donors (Lipinski definition) is 2. The molecule has 112 valence electrons. The number of hydrogen-bond acceptors (Lipinski definition) is 3. The molecule has 6 heteroatoms. The summed E-state index contributed by atoms with van der Waals surface area (Å²) in [7, 11) is -2.88. The van der Waals surface area contributed by atoms with Crippen LogP contribution in [-0.4, -0.2) is 37.4 Å². The maximum atomic E-state index is 12.0. The molecule has 1 aromatic heterocycles. The van der Waals surface area contributed by atoms with E-state index in [1.807, 2.05) is 30.5 Å². The molecule has 1 unspecified atom stereocenters. The minimum absolute atomic E-state index is 0.0573. The number of para-hydroxylation sites is 1. The van der Waals surface area contributed by atoms with E-state index in [1.165, 1.54) is 0 Å². The Morgan fingerprint density at radius 3 is 2.90 bits per heavy atom. The van der Waals surface area contributed by atoms with E-state index in [0.717, 1.165) is 16.5 Å². The smallest absolute Gasteiger partial charge is 0.224 e. The zero-order valence-electron chi connectivity index (χ0n) is 11.6. The third-order valence-electron chi connectivity index (χ3n) is 3.94. The van der Waals surface area contributed by atoms with Gasteiger partial charge in [-0.1, -0.05) is 18.2 Å². The summed E-state index contributed by atoms with van der Waals surface area (Å²) in [6.45, 7) is 0.445. The lowest BCUT2D eigenvalue weighted by Gasteiger charge is -2.09. The van der Waals surface area contributed by atoms with Gasteiger partial charge >= 0.3 is 0 Å². The van der Waals surface area contributed by atoms with Gasteiger partial charge in [0, 0.05) is 23.6 Å². The van der Waals surface area contributed by atoms with Crippen LogP contribution in [0.2, 0.25) is 0 Å². The van der Waals surface area contributed by atoms with Crippen molar-refractivity contribution in [2.24, 2.45) is 5.92 Å². The molecule has 21 heavy (non-hydrogen) atoms. The van der Waals surface area contributed by atoms with E-state index in [9.17, 15) is 13.2 Å². The summed E-state index contributed by atoms with van der Waals surface area (Å²) in [5.74, 6) is 0.432. The number of benzene rings is 1. The molecule has 1 fully saturated rings. The van der Waals surface area contributed by atoms with E-state index >= 15 is 0 Å². The summed E-state index contributed by atoms with van der Waals surface area (Å²) in [5, 5.41) is 3.90. The van der Waals surface area contributed by atoms with Gasteiger partial charge < -0.3 is 10.3 Å². The van der Waals surface area contributed by atoms with Crippen LogP contribution in [0.4, 0.5) is 0 Å². The summed E-state index contributed by atoms with van der Waals surface area (Å²) in [6, 6.07) is 7.85. The Bertz CT molecular complexity index is 764. The van der Waals surface area contributed by atoms with E-state index in [1.54, 1.807) is 0 Å².